The second kappa shape index (κ2) is 9.12. The van der Waals surface area contributed by atoms with Gasteiger partial charge in [-0.1, -0.05) is 50.5 Å². The fourth-order valence-corrected chi connectivity index (χ4v) is 2.15. The molecular weight excluding hydrogens is 222 g/mol. The molecule has 102 valence electrons. The van der Waals surface area contributed by atoms with E-state index in [0.29, 0.717) is 0 Å². The minimum absolute atomic E-state index is 0.179. The van der Waals surface area contributed by atoms with Gasteiger partial charge in [-0.3, -0.25) is 0 Å². The van der Waals surface area contributed by atoms with Gasteiger partial charge in [0.05, 0.1) is 6.10 Å². The highest BCUT2D eigenvalue weighted by Gasteiger charge is 2.12. The highest BCUT2D eigenvalue weighted by atomic mass is 16.5. The molecule has 0 aliphatic carbocycles. The van der Waals surface area contributed by atoms with E-state index in [1.165, 1.54) is 36.8 Å². The monoisotopic (exact) mass is 249 g/mol. The van der Waals surface area contributed by atoms with Gasteiger partial charge in [0.25, 0.3) is 0 Å². The molecule has 1 N–H and O–H groups in total. The van der Waals surface area contributed by atoms with E-state index in [-0.39, 0.29) is 6.10 Å². The van der Waals surface area contributed by atoms with E-state index < -0.39 is 0 Å². The molecule has 0 saturated heterocycles. The molecule has 1 atom stereocenters. The third-order valence-corrected chi connectivity index (χ3v) is 3.24. The van der Waals surface area contributed by atoms with Crippen LogP contribution in [0.4, 0.5) is 0 Å². The Hall–Kier alpha value is -0.860. The molecular formula is C16H27NO. The lowest BCUT2D eigenvalue weighted by molar-refractivity contribution is 0.0507. The van der Waals surface area contributed by atoms with E-state index >= 15 is 0 Å². The van der Waals surface area contributed by atoms with Gasteiger partial charge in [-0.2, -0.15) is 0 Å². The number of benzene rings is 1. The summed E-state index contributed by atoms with van der Waals surface area (Å²) in [7, 11) is 1.98. The lowest BCUT2D eigenvalue weighted by Crippen LogP contribution is -2.21. The lowest BCUT2D eigenvalue weighted by atomic mass is 10.0. The Kier molecular flexibility index (Phi) is 7.70. The van der Waals surface area contributed by atoms with Gasteiger partial charge in [-0.15, -0.1) is 0 Å². The predicted octanol–water partition coefficient (Wildman–Crippen LogP) is 3.85. The van der Waals surface area contributed by atoms with Crippen molar-refractivity contribution in [3.05, 3.63) is 35.4 Å². The Balaban J connectivity index is 2.47. The fraction of sp³-hybridized carbons (Fsp3) is 0.625. The Morgan fingerprint density at radius 2 is 1.94 bits per heavy atom. The quantitative estimate of drug-likeness (QED) is 0.671. The number of aryl methyl sites for hydroxylation is 1. The van der Waals surface area contributed by atoms with Gasteiger partial charge in [0.1, 0.15) is 0 Å². The van der Waals surface area contributed by atoms with Crippen LogP contribution in [0.1, 0.15) is 49.8 Å². The maximum absolute atomic E-state index is 6.03. The highest BCUT2D eigenvalue weighted by Crippen LogP contribution is 2.20. The predicted molar refractivity (Wildman–Crippen MR) is 77.9 cm³/mol. The number of rotatable bonds is 9. The second-order valence-electron chi connectivity index (χ2n) is 4.83. The maximum Gasteiger partial charge on any atom is 0.0951 e. The van der Waals surface area contributed by atoms with Crippen molar-refractivity contribution in [2.24, 2.45) is 0 Å². The van der Waals surface area contributed by atoms with Gasteiger partial charge >= 0.3 is 0 Å². The minimum Gasteiger partial charge on any atom is -0.372 e. The molecule has 0 fully saturated rings. The summed E-state index contributed by atoms with van der Waals surface area (Å²) in [6.07, 6.45) is 5.20. The van der Waals surface area contributed by atoms with Crippen LogP contribution in [0.3, 0.4) is 0 Å². The third kappa shape index (κ3) is 5.19. The van der Waals surface area contributed by atoms with Crippen LogP contribution in [0, 0.1) is 6.92 Å². The molecule has 1 aromatic rings. The molecule has 0 amide bonds. The Morgan fingerprint density at radius 1 is 1.17 bits per heavy atom. The molecule has 0 saturated carbocycles. The molecule has 0 aliphatic heterocycles. The van der Waals surface area contributed by atoms with Crippen LogP contribution in [0.2, 0.25) is 0 Å². The van der Waals surface area contributed by atoms with Crippen LogP contribution in [0.5, 0.6) is 0 Å². The lowest BCUT2D eigenvalue weighted by Gasteiger charge is -2.20. The molecule has 0 aliphatic rings. The molecule has 1 unspecified atom stereocenters. The summed E-state index contributed by atoms with van der Waals surface area (Å²) in [5, 5.41) is 3.22. The molecule has 0 bridgehead atoms. The topological polar surface area (TPSA) is 21.3 Å². The highest BCUT2D eigenvalue weighted by molar-refractivity contribution is 5.28. The first-order chi connectivity index (χ1) is 8.79. The van der Waals surface area contributed by atoms with Gasteiger partial charge in [-0.25, -0.2) is 0 Å². The van der Waals surface area contributed by atoms with Gasteiger partial charge < -0.3 is 10.1 Å². The first-order valence-electron chi connectivity index (χ1n) is 7.11. The molecule has 0 heterocycles. The van der Waals surface area contributed by atoms with Crippen molar-refractivity contribution in [3.8, 4) is 0 Å². The summed E-state index contributed by atoms with van der Waals surface area (Å²) in [6, 6.07) is 8.49. The van der Waals surface area contributed by atoms with E-state index in [1.54, 1.807) is 0 Å². The zero-order chi connectivity index (χ0) is 13.2. The van der Waals surface area contributed by atoms with Gasteiger partial charge in [0.15, 0.2) is 0 Å². The summed E-state index contributed by atoms with van der Waals surface area (Å²) in [5.74, 6) is 0. The number of likely N-dealkylation sites (N-methyl/N-ethyl adjacent to an activating group) is 1. The van der Waals surface area contributed by atoms with Crippen molar-refractivity contribution in [1.29, 1.82) is 0 Å². The number of hydrogen-bond donors (Lipinski definition) is 1. The Bertz CT molecular complexity index is 325. The summed E-state index contributed by atoms with van der Waals surface area (Å²) in [6.45, 7) is 6.12. The molecule has 2 nitrogen and oxygen atoms in total. The van der Waals surface area contributed by atoms with E-state index in [1.807, 2.05) is 7.05 Å². The van der Waals surface area contributed by atoms with Crippen LogP contribution in [-0.4, -0.2) is 20.2 Å². The van der Waals surface area contributed by atoms with Gasteiger partial charge in [0, 0.05) is 13.2 Å². The number of nitrogens with one attached hydrogen (secondary N) is 1. The van der Waals surface area contributed by atoms with E-state index in [9.17, 15) is 0 Å². The van der Waals surface area contributed by atoms with Crippen molar-refractivity contribution >= 4 is 0 Å². The van der Waals surface area contributed by atoms with Crippen molar-refractivity contribution in [2.45, 2.75) is 45.6 Å². The van der Waals surface area contributed by atoms with Crippen LogP contribution < -0.4 is 5.32 Å². The van der Waals surface area contributed by atoms with Crippen LogP contribution in [0.15, 0.2) is 24.3 Å². The molecule has 0 radical (unpaired) electrons. The van der Waals surface area contributed by atoms with Crippen molar-refractivity contribution in [3.63, 3.8) is 0 Å². The minimum atomic E-state index is 0.179. The zero-order valence-electron chi connectivity index (χ0n) is 12.0. The van der Waals surface area contributed by atoms with Gasteiger partial charge in [0.2, 0.25) is 0 Å². The standard InChI is InChI=1S/C16H27NO/c1-4-5-6-9-12-18-16(13-17-3)15-11-8-7-10-14(15)2/h7-8,10-11,16-17H,4-6,9,12-13H2,1-3H3. The van der Waals surface area contributed by atoms with E-state index in [4.69, 9.17) is 4.74 Å². The first-order valence-corrected chi connectivity index (χ1v) is 7.11. The van der Waals surface area contributed by atoms with Crippen molar-refractivity contribution < 1.29 is 4.74 Å². The van der Waals surface area contributed by atoms with Gasteiger partial charge in [-0.05, 0) is 31.5 Å². The fourth-order valence-electron chi connectivity index (χ4n) is 2.15. The summed E-state index contributed by atoms with van der Waals surface area (Å²) >= 11 is 0. The van der Waals surface area contributed by atoms with Crippen LogP contribution >= 0.6 is 0 Å². The Morgan fingerprint density at radius 3 is 2.61 bits per heavy atom. The second-order valence-corrected chi connectivity index (χ2v) is 4.83. The molecule has 0 spiro atoms. The maximum atomic E-state index is 6.03. The number of ether oxygens (including phenoxy) is 1. The smallest absolute Gasteiger partial charge is 0.0951 e. The number of unbranched alkanes of at least 4 members (excludes halogenated alkanes) is 3. The normalized spacial score (nSPS) is 12.6. The van der Waals surface area contributed by atoms with E-state index in [2.05, 4.69) is 43.4 Å². The summed E-state index contributed by atoms with van der Waals surface area (Å²) in [4.78, 5) is 0. The number of hydrogen-bond acceptors (Lipinski definition) is 2. The summed E-state index contributed by atoms with van der Waals surface area (Å²) < 4.78 is 6.03. The van der Waals surface area contributed by atoms with Crippen LogP contribution in [-0.2, 0) is 4.74 Å². The SMILES string of the molecule is CCCCCCOC(CNC)c1ccccc1C. The Labute approximate surface area is 112 Å². The molecule has 1 rings (SSSR count). The molecule has 18 heavy (non-hydrogen) atoms. The average molecular weight is 249 g/mol. The van der Waals surface area contributed by atoms with Crippen molar-refractivity contribution in [2.75, 3.05) is 20.2 Å². The summed E-state index contributed by atoms with van der Waals surface area (Å²) in [5.41, 5.74) is 2.62. The largest absolute Gasteiger partial charge is 0.372 e. The van der Waals surface area contributed by atoms with Crippen molar-refractivity contribution in [1.82, 2.24) is 5.32 Å². The molecule has 2 heteroatoms. The average Bonchev–Trinajstić information content (AvgIpc) is 2.38. The van der Waals surface area contributed by atoms with Crippen LogP contribution in [0.25, 0.3) is 0 Å². The molecule has 1 aromatic carbocycles. The van der Waals surface area contributed by atoms with E-state index in [0.717, 1.165) is 13.2 Å². The first kappa shape index (κ1) is 15.2. The third-order valence-electron chi connectivity index (χ3n) is 3.24. The zero-order valence-corrected chi connectivity index (χ0v) is 12.0. The molecule has 0 aromatic heterocycles.